The van der Waals surface area contributed by atoms with Gasteiger partial charge >= 0.3 is 12.2 Å². The van der Waals surface area contributed by atoms with Gasteiger partial charge in [-0.3, -0.25) is 14.6 Å². The molecule has 1 aromatic heterocycles. The molecule has 4 N–H and O–H groups in total. The Kier molecular flexibility index (Phi) is 16.5. The summed E-state index contributed by atoms with van der Waals surface area (Å²) in [6.07, 6.45) is 8.86. The standard InChI is InChI=1S/C39H57N5O8S/c1-39(2,3)52-37(48)41-29-17-21-44(22-18-29)38(49)51-34(24-28-13-9-6-10-14-28)36(47)43-32(26-53-4)35(46)42-31(23-27-11-7-5-8-12-27)33(45)25-50-30-15-19-40-20-16-30/h6,9-10,13-16,19-20,27,29,31-34,45H,5,7-8,11-12,17-18,21-26H2,1-4H3,(H,41,48)(H,42,46)(H,43,47)/t31-,32-,33-,34-/m0/s1. The summed E-state index contributed by atoms with van der Waals surface area (Å²) in [5.74, 6) is 0.159. The first-order valence-corrected chi connectivity index (χ1v) is 20.1. The van der Waals surface area contributed by atoms with Crippen molar-refractivity contribution in [1.29, 1.82) is 0 Å². The summed E-state index contributed by atoms with van der Waals surface area (Å²) < 4.78 is 17.0. The van der Waals surface area contributed by atoms with Crippen molar-refractivity contribution in [3.05, 3.63) is 60.4 Å². The minimum Gasteiger partial charge on any atom is -0.491 e. The normalized spacial score (nSPS) is 17.8. The van der Waals surface area contributed by atoms with Crippen LogP contribution in [0.1, 0.15) is 77.7 Å². The van der Waals surface area contributed by atoms with Crippen molar-refractivity contribution < 1.29 is 38.5 Å². The zero-order valence-corrected chi connectivity index (χ0v) is 32.3. The Labute approximate surface area is 317 Å². The Hall–Kier alpha value is -4.04. The third kappa shape index (κ3) is 14.7. The fraction of sp³-hybridized carbons (Fsp3) is 0.615. The van der Waals surface area contributed by atoms with Gasteiger partial charge in [-0.2, -0.15) is 11.8 Å². The second kappa shape index (κ2) is 21.0. The Balaban J connectivity index is 1.41. The fourth-order valence-electron chi connectivity index (χ4n) is 6.62. The summed E-state index contributed by atoms with van der Waals surface area (Å²) in [6, 6.07) is 10.9. The summed E-state index contributed by atoms with van der Waals surface area (Å²) in [5, 5.41) is 20.0. The SMILES string of the molecule is CSC[C@H](NC(=O)[C@H](Cc1ccccc1)OC(=O)N1CCC(NC(=O)OC(C)(C)C)CC1)C(=O)N[C@@H](CC1CCCCC1)[C@@H](O)COc1ccncc1. The number of hydrogen-bond donors (Lipinski definition) is 4. The number of thioether (sulfide) groups is 1. The van der Waals surface area contributed by atoms with Gasteiger partial charge in [0.05, 0.1) is 6.04 Å². The molecule has 2 heterocycles. The van der Waals surface area contributed by atoms with Crippen LogP contribution in [0, 0.1) is 5.92 Å². The second-order valence-electron chi connectivity index (χ2n) is 14.9. The number of rotatable bonds is 16. The molecule has 2 fully saturated rings. The number of hydrogen-bond acceptors (Lipinski definition) is 10. The van der Waals surface area contributed by atoms with Crippen LogP contribution >= 0.6 is 11.8 Å². The molecule has 4 rings (SSSR count). The number of alkyl carbamates (subject to hydrolysis) is 1. The Bertz CT molecular complexity index is 1430. The summed E-state index contributed by atoms with van der Waals surface area (Å²) in [4.78, 5) is 59.0. The number of piperidine rings is 1. The predicted molar refractivity (Wildman–Crippen MR) is 204 cm³/mol. The van der Waals surface area contributed by atoms with Crippen molar-refractivity contribution in [2.45, 2.75) is 114 Å². The number of nitrogens with one attached hydrogen (secondary N) is 3. The highest BCUT2D eigenvalue weighted by Crippen LogP contribution is 2.28. The number of carbonyl (C=O) groups is 4. The number of likely N-dealkylation sites (tertiary alicyclic amines) is 1. The molecule has 4 amide bonds. The summed E-state index contributed by atoms with van der Waals surface area (Å²) >= 11 is 1.39. The molecule has 1 saturated heterocycles. The summed E-state index contributed by atoms with van der Waals surface area (Å²) in [5.41, 5.74) is 0.169. The van der Waals surface area contributed by atoms with Gasteiger partial charge in [0.15, 0.2) is 6.10 Å². The van der Waals surface area contributed by atoms with Crippen molar-refractivity contribution in [3.63, 3.8) is 0 Å². The number of carbonyl (C=O) groups excluding carboxylic acids is 4. The second-order valence-corrected chi connectivity index (χ2v) is 15.8. The van der Waals surface area contributed by atoms with Crippen molar-refractivity contribution in [2.24, 2.45) is 5.92 Å². The molecule has 1 aromatic carbocycles. The van der Waals surface area contributed by atoms with Crippen molar-refractivity contribution in [2.75, 3.05) is 31.7 Å². The van der Waals surface area contributed by atoms with E-state index >= 15 is 0 Å². The lowest BCUT2D eigenvalue weighted by Gasteiger charge is -2.33. The summed E-state index contributed by atoms with van der Waals surface area (Å²) in [7, 11) is 0. The van der Waals surface area contributed by atoms with E-state index in [4.69, 9.17) is 14.2 Å². The van der Waals surface area contributed by atoms with Crippen LogP contribution in [0.3, 0.4) is 0 Å². The van der Waals surface area contributed by atoms with Crippen LogP contribution in [0.4, 0.5) is 9.59 Å². The van der Waals surface area contributed by atoms with Crippen LogP contribution in [0.2, 0.25) is 0 Å². The molecule has 4 atom stereocenters. The first-order valence-electron chi connectivity index (χ1n) is 18.7. The lowest BCUT2D eigenvalue weighted by Crippen LogP contribution is -2.56. The number of ether oxygens (including phenoxy) is 3. The molecule has 0 radical (unpaired) electrons. The van der Waals surface area contributed by atoms with E-state index in [0.717, 1.165) is 31.2 Å². The number of amides is 4. The average Bonchev–Trinajstić information content (AvgIpc) is 3.13. The number of nitrogens with zero attached hydrogens (tertiary/aromatic N) is 2. The van der Waals surface area contributed by atoms with Crippen molar-refractivity contribution >= 4 is 35.8 Å². The Morgan fingerprint density at radius 2 is 1.62 bits per heavy atom. The highest BCUT2D eigenvalue weighted by Gasteiger charge is 2.34. The number of aliphatic hydroxyl groups excluding tert-OH is 1. The van der Waals surface area contributed by atoms with E-state index < -0.39 is 53.9 Å². The van der Waals surface area contributed by atoms with Gasteiger partial charge in [-0.25, -0.2) is 9.59 Å². The maximum Gasteiger partial charge on any atom is 0.410 e. The highest BCUT2D eigenvalue weighted by atomic mass is 32.2. The molecule has 292 valence electrons. The van der Waals surface area contributed by atoms with Crippen LogP contribution < -0.4 is 20.7 Å². The van der Waals surface area contributed by atoms with E-state index in [0.29, 0.717) is 44.0 Å². The molecule has 2 aliphatic rings. The van der Waals surface area contributed by atoms with E-state index in [2.05, 4.69) is 20.9 Å². The smallest absolute Gasteiger partial charge is 0.410 e. The van der Waals surface area contributed by atoms with Crippen LogP contribution in [-0.2, 0) is 25.5 Å². The van der Waals surface area contributed by atoms with Crippen LogP contribution in [0.5, 0.6) is 5.75 Å². The van der Waals surface area contributed by atoms with Gasteiger partial charge in [0.1, 0.15) is 30.1 Å². The van der Waals surface area contributed by atoms with Gasteiger partial charge in [-0.15, -0.1) is 0 Å². The zero-order valence-electron chi connectivity index (χ0n) is 31.5. The monoisotopic (exact) mass is 755 g/mol. The maximum atomic E-state index is 13.9. The lowest BCUT2D eigenvalue weighted by molar-refractivity contribution is -0.134. The number of pyridine rings is 1. The lowest BCUT2D eigenvalue weighted by atomic mass is 9.83. The molecule has 1 aliphatic carbocycles. The quantitative estimate of drug-likeness (QED) is 0.186. The van der Waals surface area contributed by atoms with Crippen LogP contribution in [0.25, 0.3) is 0 Å². The first-order chi connectivity index (χ1) is 25.4. The Morgan fingerprint density at radius 1 is 0.943 bits per heavy atom. The third-order valence-corrected chi connectivity index (χ3v) is 10.1. The topological polar surface area (TPSA) is 168 Å². The zero-order chi connectivity index (χ0) is 38.2. The highest BCUT2D eigenvalue weighted by molar-refractivity contribution is 7.98. The largest absolute Gasteiger partial charge is 0.491 e. The third-order valence-electron chi connectivity index (χ3n) is 9.41. The molecule has 1 aliphatic heterocycles. The van der Waals surface area contributed by atoms with Gasteiger partial charge in [0.2, 0.25) is 5.91 Å². The van der Waals surface area contributed by atoms with Crippen molar-refractivity contribution in [3.8, 4) is 5.75 Å². The molecular weight excluding hydrogens is 699 g/mol. The van der Waals surface area contributed by atoms with E-state index in [-0.39, 0.29) is 24.8 Å². The number of aliphatic hydroxyl groups is 1. The van der Waals surface area contributed by atoms with Gasteiger partial charge in [-0.1, -0.05) is 62.4 Å². The average molecular weight is 756 g/mol. The molecule has 0 bridgehead atoms. The van der Waals surface area contributed by atoms with Gasteiger partial charge in [0, 0.05) is 43.7 Å². The van der Waals surface area contributed by atoms with Crippen LogP contribution in [0.15, 0.2) is 54.9 Å². The van der Waals surface area contributed by atoms with Gasteiger partial charge < -0.3 is 40.2 Å². The molecule has 13 nitrogen and oxygen atoms in total. The maximum absolute atomic E-state index is 13.9. The molecule has 0 unspecified atom stereocenters. The number of aromatic nitrogens is 1. The molecule has 53 heavy (non-hydrogen) atoms. The number of benzene rings is 1. The van der Waals surface area contributed by atoms with Gasteiger partial charge in [-0.05, 0) is 69.9 Å². The molecule has 1 saturated carbocycles. The predicted octanol–water partition coefficient (Wildman–Crippen LogP) is 4.86. The minimum atomic E-state index is -1.21. The molecule has 14 heteroatoms. The van der Waals surface area contributed by atoms with E-state index in [1.54, 1.807) is 45.3 Å². The van der Waals surface area contributed by atoms with E-state index in [9.17, 15) is 24.3 Å². The molecule has 0 spiro atoms. The van der Waals surface area contributed by atoms with Gasteiger partial charge in [0.25, 0.3) is 5.91 Å². The summed E-state index contributed by atoms with van der Waals surface area (Å²) in [6.45, 7) is 6.02. The van der Waals surface area contributed by atoms with E-state index in [1.165, 1.54) is 23.1 Å². The van der Waals surface area contributed by atoms with Crippen molar-refractivity contribution in [1.82, 2.24) is 25.8 Å². The van der Waals surface area contributed by atoms with E-state index in [1.807, 2.05) is 36.6 Å². The van der Waals surface area contributed by atoms with Crippen LogP contribution in [-0.4, -0.2) is 107 Å². The minimum absolute atomic E-state index is 0.0232. The Morgan fingerprint density at radius 3 is 2.26 bits per heavy atom. The fourth-order valence-corrected chi connectivity index (χ4v) is 7.18. The molecular formula is C39H57N5O8S. The molecule has 2 aromatic rings. The first kappa shape index (κ1) is 41.7.